The molecule has 15 heavy (non-hydrogen) atoms. The van der Waals surface area contributed by atoms with Crippen molar-refractivity contribution in [2.75, 3.05) is 18.9 Å². The third-order valence-electron chi connectivity index (χ3n) is 2.38. The van der Waals surface area contributed by atoms with Crippen LogP contribution in [0.4, 0.5) is 0 Å². The Labute approximate surface area is 99.4 Å². The van der Waals surface area contributed by atoms with Crippen LogP contribution in [0.25, 0.3) is 0 Å². The van der Waals surface area contributed by atoms with Crippen molar-refractivity contribution in [2.24, 2.45) is 0 Å². The van der Waals surface area contributed by atoms with Gasteiger partial charge in [-0.2, -0.15) is 0 Å². The summed E-state index contributed by atoms with van der Waals surface area (Å²) in [6.07, 6.45) is 0. The number of halogens is 1. The van der Waals surface area contributed by atoms with Crippen LogP contribution in [0, 0.1) is 13.8 Å². The first-order chi connectivity index (χ1) is 7.06. The molecule has 0 aliphatic carbocycles. The van der Waals surface area contributed by atoms with Gasteiger partial charge in [-0.15, -0.1) is 0 Å². The number of carbonyl (C=O) groups excluding carboxylic acids is 1. The predicted octanol–water partition coefficient (Wildman–Crippen LogP) is 2.77. The highest BCUT2D eigenvalue weighted by molar-refractivity contribution is 9.09. The number of alkyl halides is 1. The molecular formula is C12H16BrNO. The summed E-state index contributed by atoms with van der Waals surface area (Å²) in [4.78, 5) is 13.7. The van der Waals surface area contributed by atoms with Crippen LogP contribution in [0.5, 0.6) is 0 Å². The van der Waals surface area contributed by atoms with Gasteiger partial charge < -0.3 is 4.90 Å². The van der Waals surface area contributed by atoms with Gasteiger partial charge in [0.2, 0.25) is 0 Å². The summed E-state index contributed by atoms with van der Waals surface area (Å²) in [6, 6.07) is 5.91. The quantitative estimate of drug-likeness (QED) is 0.773. The van der Waals surface area contributed by atoms with Crippen LogP contribution in [0.15, 0.2) is 18.2 Å². The summed E-state index contributed by atoms with van der Waals surface area (Å²) in [5, 5.41) is 0.806. The number of nitrogens with zero attached hydrogens (tertiary/aromatic N) is 1. The molecule has 0 atom stereocenters. The van der Waals surface area contributed by atoms with Crippen LogP contribution in [0.1, 0.15) is 21.5 Å². The first-order valence-corrected chi connectivity index (χ1v) is 6.07. The fourth-order valence-electron chi connectivity index (χ4n) is 1.49. The Morgan fingerprint density at radius 3 is 2.60 bits per heavy atom. The van der Waals surface area contributed by atoms with Crippen LogP contribution in [-0.2, 0) is 0 Å². The zero-order chi connectivity index (χ0) is 11.4. The van der Waals surface area contributed by atoms with E-state index in [-0.39, 0.29) is 5.91 Å². The molecule has 0 saturated carbocycles. The fraction of sp³-hybridized carbons (Fsp3) is 0.417. The molecule has 0 bridgehead atoms. The predicted molar refractivity (Wildman–Crippen MR) is 66.7 cm³/mol. The van der Waals surface area contributed by atoms with E-state index in [2.05, 4.69) is 15.9 Å². The molecule has 1 aromatic rings. The molecule has 1 amide bonds. The summed E-state index contributed by atoms with van der Waals surface area (Å²) in [7, 11) is 1.82. The van der Waals surface area contributed by atoms with Gasteiger partial charge in [-0.3, -0.25) is 4.79 Å². The molecule has 1 aromatic carbocycles. The summed E-state index contributed by atoms with van der Waals surface area (Å²) in [6.45, 7) is 4.73. The van der Waals surface area contributed by atoms with Crippen molar-refractivity contribution >= 4 is 21.8 Å². The number of benzene rings is 1. The van der Waals surface area contributed by atoms with Crippen molar-refractivity contribution in [3.8, 4) is 0 Å². The van der Waals surface area contributed by atoms with Crippen LogP contribution in [0.2, 0.25) is 0 Å². The van der Waals surface area contributed by atoms with E-state index in [9.17, 15) is 4.79 Å². The third kappa shape index (κ3) is 3.06. The van der Waals surface area contributed by atoms with Crippen LogP contribution in [-0.4, -0.2) is 29.7 Å². The topological polar surface area (TPSA) is 20.3 Å². The van der Waals surface area contributed by atoms with E-state index in [4.69, 9.17) is 0 Å². The van der Waals surface area contributed by atoms with E-state index >= 15 is 0 Å². The molecule has 0 aliphatic heterocycles. The molecule has 0 fully saturated rings. The van der Waals surface area contributed by atoms with Crippen molar-refractivity contribution < 1.29 is 4.79 Å². The molecule has 0 aliphatic rings. The molecule has 2 nitrogen and oxygen atoms in total. The van der Waals surface area contributed by atoms with E-state index in [1.165, 1.54) is 5.56 Å². The van der Waals surface area contributed by atoms with Crippen LogP contribution >= 0.6 is 15.9 Å². The lowest BCUT2D eigenvalue weighted by molar-refractivity contribution is 0.0803. The maximum absolute atomic E-state index is 12.0. The van der Waals surface area contributed by atoms with Gasteiger partial charge in [0.15, 0.2) is 0 Å². The van der Waals surface area contributed by atoms with Crippen molar-refractivity contribution in [3.05, 3.63) is 34.9 Å². The fourth-order valence-corrected chi connectivity index (χ4v) is 2.02. The SMILES string of the molecule is Cc1ccc(C(=O)N(C)CCBr)c(C)c1. The molecule has 0 saturated heterocycles. The second-order valence-corrected chi connectivity index (χ2v) is 4.53. The first-order valence-electron chi connectivity index (χ1n) is 4.95. The summed E-state index contributed by atoms with van der Waals surface area (Å²) >= 11 is 3.33. The van der Waals surface area contributed by atoms with E-state index in [0.29, 0.717) is 0 Å². The maximum Gasteiger partial charge on any atom is 0.253 e. The molecule has 0 N–H and O–H groups in total. The van der Waals surface area contributed by atoms with Crippen molar-refractivity contribution in [1.82, 2.24) is 4.90 Å². The first kappa shape index (κ1) is 12.2. The largest absolute Gasteiger partial charge is 0.341 e. The van der Waals surface area contributed by atoms with Gasteiger partial charge in [0, 0.05) is 24.5 Å². The highest BCUT2D eigenvalue weighted by Crippen LogP contribution is 2.12. The normalized spacial score (nSPS) is 10.1. The molecule has 0 unspecified atom stereocenters. The van der Waals surface area contributed by atoms with E-state index < -0.39 is 0 Å². The Balaban J connectivity index is 2.91. The number of hydrogen-bond acceptors (Lipinski definition) is 1. The number of rotatable bonds is 3. The van der Waals surface area contributed by atoms with E-state index in [1.54, 1.807) is 4.90 Å². The van der Waals surface area contributed by atoms with E-state index in [0.717, 1.165) is 23.0 Å². The molecule has 1 rings (SSSR count). The van der Waals surface area contributed by atoms with Crippen LogP contribution in [0.3, 0.4) is 0 Å². The van der Waals surface area contributed by atoms with Gasteiger partial charge in [0.25, 0.3) is 5.91 Å². The zero-order valence-electron chi connectivity index (χ0n) is 9.38. The number of aryl methyl sites for hydroxylation is 2. The van der Waals surface area contributed by atoms with Crippen molar-refractivity contribution in [3.63, 3.8) is 0 Å². The maximum atomic E-state index is 12.0. The van der Waals surface area contributed by atoms with Gasteiger partial charge in [-0.1, -0.05) is 33.6 Å². The van der Waals surface area contributed by atoms with Gasteiger partial charge in [0.05, 0.1) is 0 Å². The van der Waals surface area contributed by atoms with Crippen molar-refractivity contribution in [2.45, 2.75) is 13.8 Å². The lowest BCUT2D eigenvalue weighted by Crippen LogP contribution is -2.29. The van der Waals surface area contributed by atoms with Crippen LogP contribution < -0.4 is 0 Å². The molecule has 0 aromatic heterocycles. The highest BCUT2D eigenvalue weighted by atomic mass is 79.9. The monoisotopic (exact) mass is 269 g/mol. The molecular weight excluding hydrogens is 254 g/mol. The summed E-state index contributed by atoms with van der Waals surface area (Å²) in [5.41, 5.74) is 3.03. The third-order valence-corrected chi connectivity index (χ3v) is 2.73. The van der Waals surface area contributed by atoms with Gasteiger partial charge in [0.1, 0.15) is 0 Å². The molecule has 0 radical (unpaired) electrons. The average molecular weight is 270 g/mol. The summed E-state index contributed by atoms with van der Waals surface area (Å²) < 4.78 is 0. The minimum Gasteiger partial charge on any atom is -0.341 e. The second kappa shape index (κ2) is 5.31. The van der Waals surface area contributed by atoms with Gasteiger partial charge in [-0.25, -0.2) is 0 Å². The lowest BCUT2D eigenvalue weighted by Gasteiger charge is -2.17. The number of amides is 1. The Hall–Kier alpha value is -0.830. The Bertz CT molecular complexity index is 363. The average Bonchev–Trinajstić information content (AvgIpc) is 2.17. The molecule has 3 heteroatoms. The highest BCUT2D eigenvalue weighted by Gasteiger charge is 2.12. The lowest BCUT2D eigenvalue weighted by atomic mass is 10.0. The van der Waals surface area contributed by atoms with Gasteiger partial charge in [-0.05, 0) is 25.5 Å². The second-order valence-electron chi connectivity index (χ2n) is 3.73. The molecule has 0 heterocycles. The van der Waals surface area contributed by atoms with E-state index in [1.807, 2.05) is 39.1 Å². The molecule has 0 spiro atoms. The Kier molecular flexibility index (Phi) is 4.33. The van der Waals surface area contributed by atoms with Gasteiger partial charge >= 0.3 is 0 Å². The zero-order valence-corrected chi connectivity index (χ0v) is 11.0. The minimum atomic E-state index is 0.0898. The Morgan fingerprint density at radius 1 is 1.40 bits per heavy atom. The number of carbonyl (C=O) groups is 1. The number of hydrogen-bond donors (Lipinski definition) is 0. The Morgan fingerprint density at radius 2 is 2.07 bits per heavy atom. The standard InChI is InChI=1S/C12H16BrNO/c1-9-4-5-11(10(2)8-9)12(15)14(3)7-6-13/h4-5,8H,6-7H2,1-3H3. The molecule has 82 valence electrons. The minimum absolute atomic E-state index is 0.0898. The van der Waals surface area contributed by atoms with Crippen molar-refractivity contribution in [1.29, 1.82) is 0 Å². The smallest absolute Gasteiger partial charge is 0.253 e. The summed E-state index contributed by atoms with van der Waals surface area (Å²) in [5.74, 6) is 0.0898.